The van der Waals surface area contributed by atoms with Gasteiger partial charge in [-0.15, -0.1) is 0 Å². The van der Waals surface area contributed by atoms with Gasteiger partial charge in [0.15, 0.2) is 5.16 Å². The van der Waals surface area contributed by atoms with Gasteiger partial charge < -0.3 is 10.3 Å². The van der Waals surface area contributed by atoms with Gasteiger partial charge in [-0.1, -0.05) is 11.8 Å². The van der Waals surface area contributed by atoms with E-state index in [1.165, 1.54) is 5.69 Å². The summed E-state index contributed by atoms with van der Waals surface area (Å²) in [7, 11) is 0. The third-order valence-corrected chi connectivity index (χ3v) is 2.48. The molecule has 0 saturated carbocycles. The van der Waals surface area contributed by atoms with Crippen LogP contribution in [0.2, 0.25) is 0 Å². The number of nitrogens with two attached hydrogens (primary N) is 1. The molecule has 1 heterocycles. The summed E-state index contributed by atoms with van der Waals surface area (Å²) in [5, 5.41) is 1.08. The van der Waals surface area contributed by atoms with Crippen LogP contribution in [0.4, 0.5) is 0 Å². The molecule has 12 heavy (non-hydrogen) atoms. The van der Waals surface area contributed by atoms with Gasteiger partial charge in [-0.05, 0) is 26.1 Å². The lowest BCUT2D eigenvalue weighted by molar-refractivity contribution is 0.589. The number of rotatable bonds is 4. The van der Waals surface area contributed by atoms with Crippen LogP contribution in [-0.4, -0.2) is 22.4 Å². The first-order valence-electron chi connectivity index (χ1n) is 4.05. The Bertz CT molecular complexity index is 244. The molecule has 0 bridgehead atoms. The van der Waals surface area contributed by atoms with E-state index in [-0.39, 0.29) is 0 Å². The molecule has 0 aliphatic heterocycles. The summed E-state index contributed by atoms with van der Waals surface area (Å²) < 4.78 is 2.21. The third-order valence-electron chi connectivity index (χ3n) is 1.79. The highest BCUT2D eigenvalue weighted by atomic mass is 32.2. The summed E-state index contributed by atoms with van der Waals surface area (Å²) in [5.41, 5.74) is 6.66. The Balaban J connectivity index is 2.72. The van der Waals surface area contributed by atoms with Crippen molar-refractivity contribution < 1.29 is 0 Å². The number of aromatic nitrogens is 2. The average Bonchev–Trinajstić information content (AvgIpc) is 2.43. The fraction of sp³-hybridized carbons (Fsp3) is 0.625. The lowest BCUT2D eigenvalue weighted by Crippen LogP contribution is -2.07. The Hall–Kier alpha value is -0.480. The monoisotopic (exact) mass is 185 g/mol. The highest BCUT2D eigenvalue weighted by Crippen LogP contribution is 2.15. The van der Waals surface area contributed by atoms with Crippen LogP contribution in [-0.2, 0) is 6.54 Å². The van der Waals surface area contributed by atoms with Gasteiger partial charge in [0.2, 0.25) is 0 Å². The zero-order valence-corrected chi connectivity index (χ0v) is 8.40. The maximum atomic E-state index is 5.45. The van der Waals surface area contributed by atoms with E-state index in [9.17, 15) is 0 Å². The van der Waals surface area contributed by atoms with Crippen LogP contribution < -0.4 is 5.73 Å². The molecule has 0 radical (unpaired) electrons. The fourth-order valence-corrected chi connectivity index (χ4v) is 1.74. The van der Waals surface area contributed by atoms with E-state index in [0.717, 1.165) is 24.7 Å². The summed E-state index contributed by atoms with van der Waals surface area (Å²) in [6.45, 7) is 3.80. The molecule has 0 spiro atoms. The van der Waals surface area contributed by atoms with Gasteiger partial charge in [0.25, 0.3) is 0 Å². The zero-order valence-electron chi connectivity index (χ0n) is 7.58. The topological polar surface area (TPSA) is 43.8 Å². The van der Waals surface area contributed by atoms with Crippen LogP contribution >= 0.6 is 11.8 Å². The summed E-state index contributed by atoms with van der Waals surface area (Å²) >= 11 is 1.68. The van der Waals surface area contributed by atoms with Crippen molar-refractivity contribution in [3.05, 3.63) is 11.9 Å². The highest BCUT2D eigenvalue weighted by Gasteiger charge is 2.03. The molecule has 4 heteroatoms. The van der Waals surface area contributed by atoms with Gasteiger partial charge >= 0.3 is 0 Å². The molecule has 0 unspecified atom stereocenters. The molecular formula is C8H15N3S. The van der Waals surface area contributed by atoms with E-state index in [4.69, 9.17) is 5.73 Å². The number of imidazole rings is 1. The standard InChI is InChI=1S/C8H15N3S/c1-7-6-10-8(12-2)11(7)5-3-4-9/h6H,3-5,9H2,1-2H3. The lowest BCUT2D eigenvalue weighted by Gasteiger charge is -2.06. The Morgan fingerprint density at radius 2 is 2.42 bits per heavy atom. The van der Waals surface area contributed by atoms with Crippen LogP contribution in [0.15, 0.2) is 11.4 Å². The van der Waals surface area contributed by atoms with Crippen molar-refractivity contribution in [3.8, 4) is 0 Å². The van der Waals surface area contributed by atoms with Gasteiger partial charge in [0.1, 0.15) is 0 Å². The minimum atomic E-state index is 0.742. The molecule has 0 amide bonds. The fourth-order valence-electron chi connectivity index (χ4n) is 1.12. The number of hydrogen-bond acceptors (Lipinski definition) is 3. The molecule has 3 nitrogen and oxygen atoms in total. The van der Waals surface area contributed by atoms with Gasteiger partial charge in [-0.25, -0.2) is 4.98 Å². The van der Waals surface area contributed by atoms with E-state index < -0.39 is 0 Å². The van der Waals surface area contributed by atoms with Crippen LogP contribution in [0.3, 0.4) is 0 Å². The molecule has 0 aromatic carbocycles. The smallest absolute Gasteiger partial charge is 0.167 e. The minimum Gasteiger partial charge on any atom is -0.330 e. The van der Waals surface area contributed by atoms with E-state index in [2.05, 4.69) is 16.5 Å². The van der Waals surface area contributed by atoms with E-state index >= 15 is 0 Å². The van der Waals surface area contributed by atoms with Crippen LogP contribution in [0.1, 0.15) is 12.1 Å². The molecule has 2 N–H and O–H groups in total. The first-order chi connectivity index (χ1) is 5.79. The maximum Gasteiger partial charge on any atom is 0.167 e. The van der Waals surface area contributed by atoms with Crippen molar-refractivity contribution in [2.75, 3.05) is 12.8 Å². The first kappa shape index (κ1) is 9.61. The van der Waals surface area contributed by atoms with Crippen molar-refractivity contribution in [1.82, 2.24) is 9.55 Å². The van der Waals surface area contributed by atoms with Crippen LogP contribution in [0.5, 0.6) is 0 Å². The van der Waals surface area contributed by atoms with E-state index in [0.29, 0.717) is 0 Å². The third kappa shape index (κ3) is 2.01. The summed E-state index contributed by atoms with van der Waals surface area (Å²) in [6, 6.07) is 0. The first-order valence-corrected chi connectivity index (χ1v) is 5.28. The average molecular weight is 185 g/mol. The molecule has 1 aromatic rings. The predicted molar refractivity (Wildman–Crippen MR) is 52.4 cm³/mol. The van der Waals surface area contributed by atoms with Crippen molar-refractivity contribution in [2.45, 2.75) is 25.0 Å². The number of nitrogens with zero attached hydrogens (tertiary/aromatic N) is 2. The molecule has 68 valence electrons. The highest BCUT2D eigenvalue weighted by molar-refractivity contribution is 7.98. The molecule has 0 saturated heterocycles. The largest absolute Gasteiger partial charge is 0.330 e. The molecule has 1 aromatic heterocycles. The van der Waals surface area contributed by atoms with Crippen LogP contribution in [0, 0.1) is 6.92 Å². The molecule has 0 fully saturated rings. The van der Waals surface area contributed by atoms with Gasteiger partial charge in [0.05, 0.1) is 0 Å². The maximum absolute atomic E-state index is 5.45. The second-order valence-corrected chi connectivity index (χ2v) is 3.45. The molecule has 0 atom stereocenters. The zero-order chi connectivity index (χ0) is 8.97. The summed E-state index contributed by atoms with van der Waals surface area (Å²) in [6.07, 6.45) is 4.97. The van der Waals surface area contributed by atoms with Gasteiger partial charge in [-0.3, -0.25) is 0 Å². The molecule has 0 aliphatic carbocycles. The summed E-state index contributed by atoms with van der Waals surface area (Å²) in [5.74, 6) is 0. The number of hydrogen-bond donors (Lipinski definition) is 1. The Labute approximate surface area is 77.4 Å². The minimum absolute atomic E-state index is 0.742. The second-order valence-electron chi connectivity index (χ2n) is 2.68. The van der Waals surface area contributed by atoms with E-state index in [1.54, 1.807) is 11.8 Å². The molecule has 1 rings (SSSR count). The lowest BCUT2D eigenvalue weighted by atomic mass is 10.4. The summed E-state index contributed by atoms with van der Waals surface area (Å²) in [4.78, 5) is 4.27. The Kier molecular flexibility index (Phi) is 3.62. The predicted octanol–water partition coefficient (Wildman–Crippen LogP) is 1.26. The van der Waals surface area contributed by atoms with Gasteiger partial charge in [0, 0.05) is 18.4 Å². The molecular weight excluding hydrogens is 170 g/mol. The number of aryl methyl sites for hydroxylation is 1. The number of thioether (sulfide) groups is 1. The Morgan fingerprint density at radius 3 is 3.00 bits per heavy atom. The SMILES string of the molecule is CSc1ncc(C)n1CCCN. The van der Waals surface area contributed by atoms with Crippen molar-refractivity contribution in [2.24, 2.45) is 5.73 Å². The quantitative estimate of drug-likeness (QED) is 0.718. The van der Waals surface area contributed by atoms with Crippen molar-refractivity contribution in [1.29, 1.82) is 0 Å². The Morgan fingerprint density at radius 1 is 1.67 bits per heavy atom. The van der Waals surface area contributed by atoms with Crippen LogP contribution in [0.25, 0.3) is 0 Å². The molecule has 0 aliphatic rings. The van der Waals surface area contributed by atoms with Crippen molar-refractivity contribution in [3.63, 3.8) is 0 Å². The normalized spacial score (nSPS) is 10.6. The van der Waals surface area contributed by atoms with Crippen molar-refractivity contribution >= 4 is 11.8 Å². The van der Waals surface area contributed by atoms with Gasteiger partial charge in [-0.2, -0.15) is 0 Å². The second kappa shape index (κ2) is 4.52. The van der Waals surface area contributed by atoms with E-state index in [1.807, 2.05) is 12.5 Å².